The minimum atomic E-state index is 0.323. The molecular formula is C15H23NO. The lowest BCUT2D eigenvalue weighted by Crippen LogP contribution is -2.45. The Bertz CT molecular complexity index is 348. The highest BCUT2D eigenvalue weighted by atomic mass is 16.5. The molecule has 0 aromatic heterocycles. The summed E-state index contributed by atoms with van der Waals surface area (Å²) in [4.78, 5) is 2.42. The maximum Gasteiger partial charge on any atom is 0.0726 e. The van der Waals surface area contributed by atoms with Crippen LogP contribution in [-0.4, -0.2) is 25.3 Å². The standard InChI is InChI=1S/C15H23NO/c1-11(2)14-5-7-15(8-6-14)16-9-12(3)17-13(4)10-16/h5-8,11-13H,9-10H2,1-4H3/t12-,13+. The van der Waals surface area contributed by atoms with Gasteiger partial charge in [0, 0.05) is 18.8 Å². The summed E-state index contributed by atoms with van der Waals surface area (Å²) in [5.74, 6) is 0.603. The monoisotopic (exact) mass is 233 g/mol. The number of hydrogen-bond acceptors (Lipinski definition) is 2. The van der Waals surface area contributed by atoms with Crippen LogP contribution in [-0.2, 0) is 4.74 Å². The molecule has 94 valence electrons. The molecule has 0 spiro atoms. The first kappa shape index (κ1) is 12.4. The number of ether oxygens (including phenoxy) is 1. The minimum Gasteiger partial charge on any atom is -0.372 e. The van der Waals surface area contributed by atoms with Gasteiger partial charge in [-0.25, -0.2) is 0 Å². The van der Waals surface area contributed by atoms with Crippen LogP contribution in [0, 0.1) is 0 Å². The highest BCUT2D eigenvalue weighted by molar-refractivity contribution is 5.48. The number of nitrogens with zero attached hydrogens (tertiary/aromatic N) is 1. The van der Waals surface area contributed by atoms with Gasteiger partial charge in [0.05, 0.1) is 12.2 Å². The van der Waals surface area contributed by atoms with Gasteiger partial charge in [-0.15, -0.1) is 0 Å². The van der Waals surface area contributed by atoms with Crippen LogP contribution < -0.4 is 4.90 Å². The lowest BCUT2D eigenvalue weighted by atomic mass is 10.0. The Labute approximate surface area is 105 Å². The zero-order valence-electron chi connectivity index (χ0n) is 11.3. The molecule has 2 nitrogen and oxygen atoms in total. The van der Waals surface area contributed by atoms with Crippen molar-refractivity contribution in [3.8, 4) is 0 Å². The van der Waals surface area contributed by atoms with Crippen LogP contribution in [0.3, 0.4) is 0 Å². The Morgan fingerprint density at radius 2 is 1.59 bits per heavy atom. The van der Waals surface area contributed by atoms with Crippen molar-refractivity contribution < 1.29 is 4.74 Å². The fourth-order valence-corrected chi connectivity index (χ4v) is 2.46. The average molecular weight is 233 g/mol. The van der Waals surface area contributed by atoms with Gasteiger partial charge in [-0.3, -0.25) is 0 Å². The molecule has 1 aliphatic rings. The SMILES string of the molecule is CC(C)c1ccc(N2C[C@@H](C)O[C@@H](C)C2)cc1. The fourth-order valence-electron chi connectivity index (χ4n) is 2.46. The van der Waals surface area contributed by atoms with Crippen LogP contribution in [0.2, 0.25) is 0 Å². The minimum absolute atomic E-state index is 0.323. The van der Waals surface area contributed by atoms with E-state index in [2.05, 4.69) is 56.9 Å². The first-order chi connectivity index (χ1) is 8.06. The van der Waals surface area contributed by atoms with Crippen LogP contribution in [0.25, 0.3) is 0 Å². The molecule has 1 saturated heterocycles. The van der Waals surface area contributed by atoms with Crippen molar-refractivity contribution in [2.24, 2.45) is 0 Å². The highest BCUT2D eigenvalue weighted by Gasteiger charge is 2.22. The molecule has 2 atom stereocenters. The molecule has 0 amide bonds. The zero-order chi connectivity index (χ0) is 12.4. The van der Waals surface area contributed by atoms with Crippen LogP contribution in [0.4, 0.5) is 5.69 Å². The average Bonchev–Trinajstić information content (AvgIpc) is 2.28. The molecule has 0 radical (unpaired) electrons. The van der Waals surface area contributed by atoms with Gasteiger partial charge in [0.15, 0.2) is 0 Å². The van der Waals surface area contributed by atoms with Gasteiger partial charge in [0.25, 0.3) is 0 Å². The maximum absolute atomic E-state index is 5.76. The van der Waals surface area contributed by atoms with E-state index in [-0.39, 0.29) is 0 Å². The second-order valence-electron chi connectivity index (χ2n) is 5.41. The highest BCUT2D eigenvalue weighted by Crippen LogP contribution is 2.23. The van der Waals surface area contributed by atoms with E-state index >= 15 is 0 Å². The molecule has 0 saturated carbocycles. The quantitative estimate of drug-likeness (QED) is 0.776. The summed E-state index contributed by atoms with van der Waals surface area (Å²) in [6, 6.07) is 8.95. The van der Waals surface area contributed by atoms with Crippen molar-refractivity contribution in [1.82, 2.24) is 0 Å². The number of anilines is 1. The summed E-state index contributed by atoms with van der Waals surface area (Å²) < 4.78 is 5.76. The predicted molar refractivity (Wildman–Crippen MR) is 72.8 cm³/mol. The van der Waals surface area contributed by atoms with E-state index in [1.807, 2.05) is 0 Å². The smallest absolute Gasteiger partial charge is 0.0726 e. The van der Waals surface area contributed by atoms with E-state index in [4.69, 9.17) is 4.74 Å². The topological polar surface area (TPSA) is 12.5 Å². The van der Waals surface area contributed by atoms with Gasteiger partial charge in [-0.05, 0) is 37.5 Å². The fraction of sp³-hybridized carbons (Fsp3) is 0.600. The Kier molecular flexibility index (Phi) is 3.72. The summed E-state index contributed by atoms with van der Waals surface area (Å²) in [6.07, 6.45) is 0.645. The molecule has 1 aromatic rings. The number of rotatable bonds is 2. The summed E-state index contributed by atoms with van der Waals surface area (Å²) >= 11 is 0. The summed E-state index contributed by atoms with van der Waals surface area (Å²) in [6.45, 7) is 10.7. The van der Waals surface area contributed by atoms with E-state index in [1.165, 1.54) is 11.3 Å². The molecule has 17 heavy (non-hydrogen) atoms. The predicted octanol–water partition coefficient (Wildman–Crippen LogP) is 3.42. The van der Waals surface area contributed by atoms with Crippen molar-refractivity contribution in [2.75, 3.05) is 18.0 Å². The molecule has 2 rings (SSSR count). The van der Waals surface area contributed by atoms with E-state index in [1.54, 1.807) is 0 Å². The van der Waals surface area contributed by atoms with Crippen molar-refractivity contribution in [2.45, 2.75) is 45.8 Å². The lowest BCUT2D eigenvalue weighted by molar-refractivity contribution is -0.00521. The summed E-state index contributed by atoms with van der Waals surface area (Å²) in [5, 5.41) is 0. The van der Waals surface area contributed by atoms with Gasteiger partial charge in [-0.1, -0.05) is 26.0 Å². The third-order valence-electron chi connectivity index (χ3n) is 3.34. The maximum atomic E-state index is 5.76. The van der Waals surface area contributed by atoms with Gasteiger partial charge in [-0.2, -0.15) is 0 Å². The summed E-state index contributed by atoms with van der Waals surface area (Å²) in [7, 11) is 0. The van der Waals surface area contributed by atoms with Crippen molar-refractivity contribution in [3.05, 3.63) is 29.8 Å². The third-order valence-corrected chi connectivity index (χ3v) is 3.34. The van der Waals surface area contributed by atoms with Crippen molar-refractivity contribution in [3.63, 3.8) is 0 Å². The van der Waals surface area contributed by atoms with E-state index in [0.29, 0.717) is 18.1 Å². The third kappa shape index (κ3) is 3.01. The Morgan fingerprint density at radius 3 is 2.06 bits per heavy atom. The lowest BCUT2D eigenvalue weighted by Gasteiger charge is -2.37. The second kappa shape index (κ2) is 5.09. The molecule has 0 bridgehead atoms. The van der Waals surface area contributed by atoms with Gasteiger partial charge in [0.2, 0.25) is 0 Å². The number of morpholine rings is 1. The number of hydrogen-bond donors (Lipinski definition) is 0. The second-order valence-corrected chi connectivity index (χ2v) is 5.41. The van der Waals surface area contributed by atoms with Crippen molar-refractivity contribution >= 4 is 5.69 Å². The molecule has 1 aliphatic heterocycles. The first-order valence-electron chi connectivity index (χ1n) is 6.56. The molecule has 0 aliphatic carbocycles. The Balaban J connectivity index is 2.11. The van der Waals surface area contributed by atoms with Gasteiger partial charge < -0.3 is 9.64 Å². The van der Waals surface area contributed by atoms with Crippen LogP contribution in [0.5, 0.6) is 0 Å². The molecule has 0 unspecified atom stereocenters. The molecule has 0 N–H and O–H groups in total. The molecule has 1 fully saturated rings. The van der Waals surface area contributed by atoms with Crippen LogP contribution in [0.1, 0.15) is 39.2 Å². The molecular weight excluding hydrogens is 210 g/mol. The van der Waals surface area contributed by atoms with E-state index in [9.17, 15) is 0 Å². The molecule has 1 aromatic carbocycles. The Hall–Kier alpha value is -1.02. The van der Waals surface area contributed by atoms with Crippen LogP contribution >= 0.6 is 0 Å². The van der Waals surface area contributed by atoms with Gasteiger partial charge in [0.1, 0.15) is 0 Å². The zero-order valence-corrected chi connectivity index (χ0v) is 11.3. The molecule has 2 heteroatoms. The normalized spacial score (nSPS) is 25.4. The number of benzene rings is 1. The first-order valence-corrected chi connectivity index (χ1v) is 6.56. The van der Waals surface area contributed by atoms with E-state index in [0.717, 1.165) is 13.1 Å². The van der Waals surface area contributed by atoms with Crippen molar-refractivity contribution in [1.29, 1.82) is 0 Å². The summed E-state index contributed by atoms with van der Waals surface area (Å²) in [5.41, 5.74) is 2.72. The Morgan fingerprint density at radius 1 is 1.06 bits per heavy atom. The largest absolute Gasteiger partial charge is 0.372 e. The van der Waals surface area contributed by atoms with E-state index < -0.39 is 0 Å². The van der Waals surface area contributed by atoms with Gasteiger partial charge >= 0.3 is 0 Å². The van der Waals surface area contributed by atoms with Crippen LogP contribution in [0.15, 0.2) is 24.3 Å². The molecule has 1 heterocycles.